The van der Waals surface area contributed by atoms with Crippen LogP contribution in [-0.4, -0.2) is 18.6 Å². The minimum absolute atomic E-state index is 0.0281. The van der Waals surface area contributed by atoms with Gasteiger partial charge in [-0.05, 0) is 25.0 Å². The highest BCUT2D eigenvalue weighted by atomic mass is 16.2. The Hall–Kier alpha value is -1.55. The Morgan fingerprint density at radius 2 is 2.25 bits per heavy atom. The second-order valence-electron chi connectivity index (χ2n) is 4.07. The molecule has 1 aliphatic rings. The molecule has 4 nitrogen and oxygen atoms in total. The van der Waals surface area contributed by atoms with Crippen LogP contribution in [0.15, 0.2) is 24.3 Å². The number of nitrogens with one attached hydrogen (secondary N) is 1. The largest absolute Gasteiger partial charge is 0.338 e. The lowest BCUT2D eigenvalue weighted by Gasteiger charge is -2.34. The van der Waals surface area contributed by atoms with Crippen molar-refractivity contribution in [2.45, 2.75) is 25.9 Å². The van der Waals surface area contributed by atoms with E-state index in [1.54, 1.807) is 4.90 Å². The van der Waals surface area contributed by atoms with Gasteiger partial charge in [0.05, 0.1) is 5.69 Å². The van der Waals surface area contributed by atoms with Crippen molar-refractivity contribution in [1.82, 2.24) is 5.32 Å². The number of rotatable bonds is 2. The Morgan fingerprint density at radius 1 is 1.50 bits per heavy atom. The lowest BCUT2D eigenvalue weighted by Crippen LogP contribution is -2.51. The first-order valence-corrected chi connectivity index (χ1v) is 5.59. The number of benzene rings is 1. The van der Waals surface area contributed by atoms with E-state index in [0.29, 0.717) is 6.54 Å². The summed E-state index contributed by atoms with van der Waals surface area (Å²) in [6, 6.07) is 7.98. The third kappa shape index (κ3) is 1.88. The summed E-state index contributed by atoms with van der Waals surface area (Å²) in [5, 5.41) is 2.86. The number of anilines is 1. The molecule has 1 aromatic rings. The average molecular weight is 219 g/mol. The van der Waals surface area contributed by atoms with Gasteiger partial charge in [-0.1, -0.05) is 18.2 Å². The van der Waals surface area contributed by atoms with Crippen molar-refractivity contribution in [3.63, 3.8) is 0 Å². The van der Waals surface area contributed by atoms with E-state index in [1.807, 2.05) is 24.3 Å². The monoisotopic (exact) mass is 219 g/mol. The van der Waals surface area contributed by atoms with E-state index < -0.39 is 0 Å². The van der Waals surface area contributed by atoms with Gasteiger partial charge in [0.25, 0.3) is 0 Å². The maximum Gasteiger partial charge on any atom is 0.322 e. The van der Waals surface area contributed by atoms with Gasteiger partial charge in [0.2, 0.25) is 0 Å². The Bertz CT molecular complexity index is 392. The minimum Gasteiger partial charge on any atom is -0.338 e. The van der Waals surface area contributed by atoms with E-state index in [2.05, 4.69) is 12.2 Å². The number of carbonyl (C=O) groups is 1. The molecule has 0 saturated carbocycles. The van der Waals surface area contributed by atoms with Gasteiger partial charge in [-0.15, -0.1) is 0 Å². The van der Waals surface area contributed by atoms with Gasteiger partial charge in [-0.3, -0.25) is 4.90 Å². The molecule has 1 heterocycles. The smallest absolute Gasteiger partial charge is 0.322 e. The fraction of sp³-hybridized carbons (Fsp3) is 0.417. The summed E-state index contributed by atoms with van der Waals surface area (Å²) in [6.07, 6.45) is 0.963. The molecule has 0 spiro atoms. The van der Waals surface area contributed by atoms with Crippen LogP contribution < -0.4 is 16.0 Å². The molecule has 86 valence electrons. The number of hydrogen-bond acceptors (Lipinski definition) is 2. The molecule has 1 unspecified atom stereocenters. The van der Waals surface area contributed by atoms with Crippen molar-refractivity contribution in [3.05, 3.63) is 29.8 Å². The Morgan fingerprint density at radius 3 is 2.94 bits per heavy atom. The number of carbonyl (C=O) groups excluding carboxylic acids is 1. The van der Waals surface area contributed by atoms with Crippen LogP contribution in [0.1, 0.15) is 18.9 Å². The number of para-hydroxylation sites is 1. The fourth-order valence-corrected chi connectivity index (χ4v) is 2.07. The number of nitrogens with zero attached hydrogens (tertiary/aromatic N) is 1. The van der Waals surface area contributed by atoms with Crippen LogP contribution in [-0.2, 0) is 6.54 Å². The Kier molecular flexibility index (Phi) is 3.10. The summed E-state index contributed by atoms with van der Waals surface area (Å²) in [5.74, 6) is 0. The van der Waals surface area contributed by atoms with E-state index in [4.69, 9.17) is 5.73 Å². The van der Waals surface area contributed by atoms with Gasteiger partial charge < -0.3 is 11.1 Å². The Labute approximate surface area is 95.4 Å². The predicted molar refractivity (Wildman–Crippen MR) is 64.3 cm³/mol. The summed E-state index contributed by atoms with van der Waals surface area (Å²) in [7, 11) is 0. The number of urea groups is 1. The molecule has 0 radical (unpaired) electrons. The highest BCUT2D eigenvalue weighted by Crippen LogP contribution is 2.24. The van der Waals surface area contributed by atoms with Crippen LogP contribution in [0.5, 0.6) is 0 Å². The molecule has 1 atom stereocenters. The lowest BCUT2D eigenvalue weighted by atomic mass is 10.1. The molecule has 0 aromatic heterocycles. The molecule has 4 heteroatoms. The van der Waals surface area contributed by atoms with Crippen LogP contribution in [0.2, 0.25) is 0 Å². The summed E-state index contributed by atoms with van der Waals surface area (Å²) in [6.45, 7) is 3.26. The zero-order valence-corrected chi connectivity index (χ0v) is 9.44. The average Bonchev–Trinajstić information content (AvgIpc) is 2.29. The summed E-state index contributed by atoms with van der Waals surface area (Å²) < 4.78 is 0. The normalized spacial score (nSPS) is 20.8. The van der Waals surface area contributed by atoms with Crippen molar-refractivity contribution >= 4 is 11.7 Å². The fourth-order valence-electron chi connectivity index (χ4n) is 2.07. The topological polar surface area (TPSA) is 58.4 Å². The van der Waals surface area contributed by atoms with Crippen LogP contribution in [0.25, 0.3) is 0 Å². The molecule has 1 aromatic carbocycles. The number of hydrogen-bond donors (Lipinski definition) is 2. The maximum absolute atomic E-state index is 11.8. The molecular formula is C12H17N3O. The molecule has 0 bridgehead atoms. The summed E-state index contributed by atoms with van der Waals surface area (Å²) >= 11 is 0. The molecule has 1 saturated heterocycles. The molecule has 1 aliphatic heterocycles. The molecule has 0 aliphatic carbocycles. The first kappa shape index (κ1) is 11.0. The third-order valence-electron chi connectivity index (χ3n) is 2.97. The van der Waals surface area contributed by atoms with E-state index in [-0.39, 0.29) is 12.1 Å². The van der Waals surface area contributed by atoms with Gasteiger partial charge in [0.15, 0.2) is 0 Å². The van der Waals surface area contributed by atoms with Crippen molar-refractivity contribution in [2.24, 2.45) is 5.73 Å². The summed E-state index contributed by atoms with van der Waals surface area (Å²) in [5.41, 5.74) is 7.62. The van der Waals surface area contributed by atoms with Crippen LogP contribution >= 0.6 is 0 Å². The van der Waals surface area contributed by atoms with Crippen molar-refractivity contribution in [3.8, 4) is 0 Å². The van der Waals surface area contributed by atoms with Crippen molar-refractivity contribution in [1.29, 1.82) is 0 Å². The van der Waals surface area contributed by atoms with Crippen LogP contribution in [0.4, 0.5) is 10.5 Å². The van der Waals surface area contributed by atoms with Crippen molar-refractivity contribution in [2.75, 3.05) is 11.4 Å². The van der Waals surface area contributed by atoms with E-state index in [1.165, 1.54) is 0 Å². The van der Waals surface area contributed by atoms with E-state index in [9.17, 15) is 4.79 Å². The first-order valence-electron chi connectivity index (χ1n) is 5.59. The van der Waals surface area contributed by atoms with Crippen LogP contribution in [0.3, 0.4) is 0 Å². The van der Waals surface area contributed by atoms with Gasteiger partial charge in [0, 0.05) is 19.1 Å². The standard InChI is InChI=1S/C12H17N3O/c1-9-6-7-14-12(16)15(9)11-5-3-2-4-10(11)8-13/h2-5,9H,6-8,13H2,1H3,(H,14,16). The highest BCUT2D eigenvalue weighted by Gasteiger charge is 2.26. The van der Waals surface area contributed by atoms with Gasteiger partial charge >= 0.3 is 6.03 Å². The molecule has 1 fully saturated rings. The molecule has 2 rings (SSSR count). The van der Waals surface area contributed by atoms with Crippen LogP contribution in [0, 0.1) is 0 Å². The summed E-state index contributed by atoms with van der Waals surface area (Å²) in [4.78, 5) is 13.6. The number of amides is 2. The van der Waals surface area contributed by atoms with Crippen molar-refractivity contribution < 1.29 is 4.79 Å². The molecule has 16 heavy (non-hydrogen) atoms. The third-order valence-corrected chi connectivity index (χ3v) is 2.97. The van der Waals surface area contributed by atoms with Gasteiger partial charge in [-0.25, -0.2) is 4.79 Å². The zero-order valence-electron chi connectivity index (χ0n) is 9.44. The second kappa shape index (κ2) is 4.53. The molecular weight excluding hydrogens is 202 g/mol. The number of nitrogens with two attached hydrogens (primary N) is 1. The van der Waals surface area contributed by atoms with E-state index >= 15 is 0 Å². The first-order chi connectivity index (χ1) is 7.74. The quantitative estimate of drug-likeness (QED) is 0.791. The van der Waals surface area contributed by atoms with E-state index in [0.717, 1.165) is 24.2 Å². The second-order valence-corrected chi connectivity index (χ2v) is 4.07. The SMILES string of the molecule is CC1CCNC(=O)N1c1ccccc1CN. The maximum atomic E-state index is 11.8. The van der Waals surface area contributed by atoms with Gasteiger partial charge in [0.1, 0.15) is 0 Å². The Balaban J connectivity index is 2.37. The highest BCUT2D eigenvalue weighted by molar-refractivity contribution is 5.94. The molecule has 3 N–H and O–H groups in total. The predicted octanol–water partition coefficient (Wildman–Crippen LogP) is 1.45. The lowest BCUT2D eigenvalue weighted by molar-refractivity contribution is 0.239. The zero-order chi connectivity index (χ0) is 11.5. The minimum atomic E-state index is -0.0281. The van der Waals surface area contributed by atoms with Gasteiger partial charge in [-0.2, -0.15) is 0 Å². The molecule has 2 amide bonds.